The van der Waals surface area contributed by atoms with E-state index in [1.807, 2.05) is 13.0 Å². The summed E-state index contributed by atoms with van der Waals surface area (Å²) in [6.45, 7) is 12.1. The third-order valence-electron chi connectivity index (χ3n) is 4.79. The number of nitrogens with one attached hydrogen (secondary N) is 1. The molecule has 27 heavy (non-hydrogen) atoms. The van der Waals surface area contributed by atoms with E-state index >= 15 is 0 Å². The van der Waals surface area contributed by atoms with Crippen molar-refractivity contribution in [3.8, 4) is 5.75 Å². The SMILES string of the molecule is C=C(CC)/C(Cl)=C(\N=CN)NCCOc1ccc(CCC2CO2)c(C)c1C. The molecular weight excluding hydrogens is 362 g/mol. The first-order chi connectivity index (χ1) is 13.0. The summed E-state index contributed by atoms with van der Waals surface area (Å²) in [4.78, 5) is 4.08. The van der Waals surface area contributed by atoms with E-state index in [0.717, 1.165) is 37.2 Å². The summed E-state index contributed by atoms with van der Waals surface area (Å²) in [7, 11) is 0. The number of epoxide rings is 1. The maximum Gasteiger partial charge on any atom is 0.146 e. The van der Waals surface area contributed by atoms with E-state index in [4.69, 9.17) is 26.8 Å². The Bertz CT molecular complexity index is 724. The molecule has 0 saturated carbocycles. The second-order valence-corrected chi connectivity index (χ2v) is 7.02. The molecule has 1 heterocycles. The number of allylic oxidation sites excluding steroid dienone is 2. The lowest BCUT2D eigenvalue weighted by Gasteiger charge is -2.15. The number of aryl methyl sites for hydroxylation is 1. The molecule has 0 spiro atoms. The fourth-order valence-corrected chi connectivity index (χ4v) is 2.99. The first-order valence-electron chi connectivity index (χ1n) is 9.37. The minimum Gasteiger partial charge on any atom is -0.491 e. The van der Waals surface area contributed by atoms with E-state index in [2.05, 4.69) is 36.8 Å². The molecular formula is C21H30ClN3O2. The molecule has 1 saturated heterocycles. The number of rotatable bonds is 11. The molecule has 0 aromatic heterocycles. The molecule has 3 N–H and O–H groups in total. The summed E-state index contributed by atoms with van der Waals surface area (Å²) < 4.78 is 11.2. The predicted octanol–water partition coefficient (Wildman–Crippen LogP) is 3.96. The Kier molecular flexibility index (Phi) is 8.20. The maximum atomic E-state index is 6.29. The summed E-state index contributed by atoms with van der Waals surface area (Å²) >= 11 is 6.29. The van der Waals surface area contributed by atoms with Crippen molar-refractivity contribution in [2.75, 3.05) is 19.8 Å². The van der Waals surface area contributed by atoms with Gasteiger partial charge in [0.25, 0.3) is 0 Å². The van der Waals surface area contributed by atoms with Crippen LogP contribution < -0.4 is 15.8 Å². The zero-order valence-corrected chi connectivity index (χ0v) is 17.2. The van der Waals surface area contributed by atoms with E-state index in [0.29, 0.717) is 30.1 Å². The van der Waals surface area contributed by atoms with Gasteiger partial charge in [-0.05, 0) is 61.4 Å². The van der Waals surface area contributed by atoms with Crippen molar-refractivity contribution >= 4 is 17.9 Å². The van der Waals surface area contributed by atoms with Crippen molar-refractivity contribution < 1.29 is 9.47 Å². The molecule has 1 fully saturated rings. The second kappa shape index (κ2) is 10.4. The minimum atomic E-state index is 0.459. The van der Waals surface area contributed by atoms with Crippen LogP contribution in [0.25, 0.3) is 0 Å². The molecule has 1 aliphatic heterocycles. The smallest absolute Gasteiger partial charge is 0.146 e. The van der Waals surface area contributed by atoms with Gasteiger partial charge in [0, 0.05) is 0 Å². The molecule has 0 bridgehead atoms. The molecule has 1 aromatic rings. The fraction of sp³-hybridized carbons (Fsp3) is 0.476. The van der Waals surface area contributed by atoms with Crippen molar-refractivity contribution in [3.63, 3.8) is 0 Å². The van der Waals surface area contributed by atoms with Crippen LogP contribution in [-0.4, -0.2) is 32.2 Å². The van der Waals surface area contributed by atoms with E-state index in [1.165, 1.54) is 23.0 Å². The largest absolute Gasteiger partial charge is 0.491 e. The van der Waals surface area contributed by atoms with Gasteiger partial charge in [-0.1, -0.05) is 31.2 Å². The van der Waals surface area contributed by atoms with Gasteiger partial charge in [0.15, 0.2) is 0 Å². The Morgan fingerprint density at radius 1 is 1.44 bits per heavy atom. The molecule has 0 radical (unpaired) electrons. The topological polar surface area (TPSA) is 72.2 Å². The number of ether oxygens (including phenoxy) is 2. The normalized spacial score (nSPS) is 17.0. The van der Waals surface area contributed by atoms with Crippen molar-refractivity contribution in [3.05, 3.63) is 51.8 Å². The van der Waals surface area contributed by atoms with Gasteiger partial charge in [-0.15, -0.1) is 0 Å². The number of aliphatic imine (C=N–C) groups is 1. The van der Waals surface area contributed by atoms with Crippen molar-refractivity contribution in [1.29, 1.82) is 0 Å². The summed E-state index contributed by atoms with van der Waals surface area (Å²) in [5.41, 5.74) is 10.0. The van der Waals surface area contributed by atoms with Gasteiger partial charge in [0.1, 0.15) is 18.2 Å². The van der Waals surface area contributed by atoms with E-state index in [1.54, 1.807) is 0 Å². The third-order valence-corrected chi connectivity index (χ3v) is 5.23. The zero-order valence-electron chi connectivity index (χ0n) is 16.5. The van der Waals surface area contributed by atoms with Gasteiger partial charge in [-0.25, -0.2) is 4.99 Å². The molecule has 1 unspecified atom stereocenters. The molecule has 2 rings (SSSR count). The number of benzene rings is 1. The lowest BCUT2D eigenvalue weighted by molar-refractivity contribution is 0.316. The number of hydrogen-bond acceptors (Lipinski definition) is 4. The van der Waals surface area contributed by atoms with Crippen LogP contribution >= 0.6 is 11.6 Å². The number of halogens is 1. The highest BCUT2D eigenvalue weighted by Gasteiger charge is 2.22. The van der Waals surface area contributed by atoms with Crippen molar-refractivity contribution in [2.45, 2.75) is 46.1 Å². The highest BCUT2D eigenvalue weighted by molar-refractivity contribution is 6.32. The van der Waals surface area contributed by atoms with Crippen molar-refractivity contribution in [2.24, 2.45) is 10.7 Å². The van der Waals surface area contributed by atoms with Crippen LogP contribution in [0.3, 0.4) is 0 Å². The van der Waals surface area contributed by atoms with Gasteiger partial charge in [-0.3, -0.25) is 0 Å². The fourth-order valence-electron chi connectivity index (χ4n) is 2.74. The standard InChI is InChI=1S/C21H30ClN3O2/c1-5-14(2)20(22)21(25-13-23)24-10-11-26-19-9-7-17(15(3)16(19)4)6-8-18-12-27-18/h7,9,13,18,24H,2,5-6,8,10-12H2,1,3-4H3,(H2,23,25)/b21-20+. The quantitative estimate of drug-likeness (QED) is 0.197. The van der Waals surface area contributed by atoms with Crippen molar-refractivity contribution in [1.82, 2.24) is 5.32 Å². The number of nitrogens with two attached hydrogens (primary N) is 1. The van der Waals surface area contributed by atoms with Gasteiger partial charge in [0.05, 0.1) is 30.6 Å². The molecule has 0 aliphatic carbocycles. The maximum absolute atomic E-state index is 6.29. The molecule has 148 valence electrons. The molecule has 6 heteroatoms. The van der Waals surface area contributed by atoms with Crippen LogP contribution in [0.15, 0.2) is 40.1 Å². The van der Waals surface area contributed by atoms with Crippen LogP contribution in [0.4, 0.5) is 0 Å². The van der Waals surface area contributed by atoms with Gasteiger partial charge in [0.2, 0.25) is 0 Å². The first kappa shape index (κ1) is 21.3. The van der Waals surface area contributed by atoms with Crippen LogP contribution in [0.5, 0.6) is 5.75 Å². The number of nitrogens with zero attached hydrogens (tertiary/aromatic N) is 1. The lowest BCUT2D eigenvalue weighted by atomic mass is 9.98. The highest BCUT2D eigenvalue weighted by Crippen LogP contribution is 2.27. The van der Waals surface area contributed by atoms with Gasteiger partial charge in [-0.2, -0.15) is 0 Å². The molecule has 1 atom stereocenters. The van der Waals surface area contributed by atoms with Gasteiger partial charge >= 0.3 is 0 Å². The Morgan fingerprint density at radius 2 is 2.19 bits per heavy atom. The van der Waals surface area contributed by atoms with Crippen LogP contribution in [0, 0.1) is 13.8 Å². The molecule has 5 nitrogen and oxygen atoms in total. The number of hydrogen-bond donors (Lipinski definition) is 2. The van der Waals surface area contributed by atoms with Gasteiger partial charge < -0.3 is 20.5 Å². The third kappa shape index (κ3) is 6.29. The Balaban J connectivity index is 1.90. The average Bonchev–Trinajstić information content (AvgIpc) is 3.49. The zero-order chi connectivity index (χ0) is 19.8. The molecule has 1 aliphatic rings. The minimum absolute atomic E-state index is 0.459. The molecule has 1 aromatic carbocycles. The average molecular weight is 392 g/mol. The lowest BCUT2D eigenvalue weighted by Crippen LogP contribution is -2.21. The van der Waals surface area contributed by atoms with Crippen LogP contribution in [0.1, 0.15) is 36.5 Å². The first-order valence-corrected chi connectivity index (χ1v) is 9.75. The molecule has 0 amide bonds. The van der Waals surface area contributed by atoms with Crippen LogP contribution in [0.2, 0.25) is 0 Å². The van der Waals surface area contributed by atoms with E-state index in [9.17, 15) is 0 Å². The Hall–Kier alpha value is -1.98. The summed E-state index contributed by atoms with van der Waals surface area (Å²) in [6, 6.07) is 4.20. The second-order valence-electron chi connectivity index (χ2n) is 6.64. The summed E-state index contributed by atoms with van der Waals surface area (Å²) in [5.74, 6) is 1.41. The highest BCUT2D eigenvalue weighted by atomic mass is 35.5. The van der Waals surface area contributed by atoms with E-state index in [-0.39, 0.29) is 0 Å². The Labute approximate surface area is 167 Å². The van der Waals surface area contributed by atoms with Crippen LogP contribution in [-0.2, 0) is 11.2 Å². The monoisotopic (exact) mass is 391 g/mol. The Morgan fingerprint density at radius 3 is 2.81 bits per heavy atom. The summed E-state index contributed by atoms with van der Waals surface area (Å²) in [5, 5.41) is 3.66. The predicted molar refractivity (Wildman–Crippen MR) is 112 cm³/mol. The summed E-state index contributed by atoms with van der Waals surface area (Å²) in [6.07, 6.45) is 4.56. The van der Waals surface area contributed by atoms with E-state index < -0.39 is 0 Å².